The summed E-state index contributed by atoms with van der Waals surface area (Å²) in [5.74, 6) is -0.0497. The predicted octanol–water partition coefficient (Wildman–Crippen LogP) is 2.37. The van der Waals surface area contributed by atoms with E-state index in [1.807, 2.05) is 26.0 Å². The summed E-state index contributed by atoms with van der Waals surface area (Å²) in [6.07, 6.45) is 1.67. The molecule has 0 radical (unpaired) electrons. The van der Waals surface area contributed by atoms with Gasteiger partial charge in [0.25, 0.3) is 5.91 Å². The van der Waals surface area contributed by atoms with Crippen molar-refractivity contribution in [2.24, 2.45) is 0 Å². The summed E-state index contributed by atoms with van der Waals surface area (Å²) in [7, 11) is 0. The maximum Gasteiger partial charge on any atom is 0.253 e. The van der Waals surface area contributed by atoms with Crippen LogP contribution in [0.3, 0.4) is 0 Å². The standard InChI is InChI=1S/C14H19BrN2O2/c1-10-3-4-12(11(2)16-10)13(18)17-14(9-15)5-7-19-8-6-14/h3-4H,5-9H2,1-2H3,(H,17,18). The van der Waals surface area contributed by atoms with E-state index in [4.69, 9.17) is 4.74 Å². The number of rotatable bonds is 3. The highest BCUT2D eigenvalue weighted by molar-refractivity contribution is 9.09. The monoisotopic (exact) mass is 326 g/mol. The van der Waals surface area contributed by atoms with E-state index in [0.29, 0.717) is 18.8 Å². The number of nitrogens with one attached hydrogen (secondary N) is 1. The number of nitrogens with zero attached hydrogens (tertiary/aromatic N) is 1. The van der Waals surface area contributed by atoms with Crippen LogP contribution >= 0.6 is 15.9 Å². The van der Waals surface area contributed by atoms with Crippen LogP contribution in [-0.2, 0) is 4.74 Å². The predicted molar refractivity (Wildman–Crippen MR) is 77.8 cm³/mol. The molecule has 0 unspecified atom stereocenters. The Labute approximate surface area is 122 Å². The number of hydrogen-bond donors (Lipinski definition) is 1. The zero-order valence-corrected chi connectivity index (χ0v) is 12.9. The third kappa shape index (κ3) is 3.34. The fraction of sp³-hybridized carbons (Fsp3) is 0.571. The van der Waals surface area contributed by atoms with E-state index in [0.717, 1.165) is 29.6 Å². The van der Waals surface area contributed by atoms with Gasteiger partial charge in [0, 0.05) is 24.2 Å². The first-order chi connectivity index (χ1) is 9.06. The van der Waals surface area contributed by atoms with Crippen LogP contribution in [0.25, 0.3) is 0 Å². The lowest BCUT2D eigenvalue weighted by molar-refractivity contribution is 0.0441. The smallest absolute Gasteiger partial charge is 0.253 e. The SMILES string of the molecule is Cc1ccc(C(=O)NC2(CBr)CCOCC2)c(C)n1. The number of alkyl halides is 1. The fourth-order valence-corrected chi connectivity index (χ4v) is 2.99. The second-order valence-corrected chi connectivity index (χ2v) is 5.63. The first-order valence-electron chi connectivity index (χ1n) is 6.47. The largest absolute Gasteiger partial charge is 0.381 e. The molecule has 1 aromatic heterocycles. The van der Waals surface area contributed by atoms with Crippen LogP contribution in [0.5, 0.6) is 0 Å². The van der Waals surface area contributed by atoms with Gasteiger partial charge in [-0.05, 0) is 38.8 Å². The van der Waals surface area contributed by atoms with Gasteiger partial charge < -0.3 is 10.1 Å². The molecule has 5 heteroatoms. The lowest BCUT2D eigenvalue weighted by Gasteiger charge is -2.36. The molecule has 4 nitrogen and oxygen atoms in total. The van der Waals surface area contributed by atoms with Crippen molar-refractivity contribution in [2.75, 3.05) is 18.5 Å². The summed E-state index contributed by atoms with van der Waals surface area (Å²) in [6, 6.07) is 3.71. The van der Waals surface area contributed by atoms with E-state index < -0.39 is 0 Å². The van der Waals surface area contributed by atoms with Crippen LogP contribution in [0.15, 0.2) is 12.1 Å². The van der Waals surface area contributed by atoms with Gasteiger partial charge in [-0.1, -0.05) is 15.9 Å². The summed E-state index contributed by atoms with van der Waals surface area (Å²) in [5.41, 5.74) is 2.15. The zero-order chi connectivity index (χ0) is 13.9. The average Bonchev–Trinajstić information content (AvgIpc) is 2.39. The van der Waals surface area contributed by atoms with Gasteiger partial charge >= 0.3 is 0 Å². The minimum Gasteiger partial charge on any atom is -0.381 e. The van der Waals surface area contributed by atoms with Crippen molar-refractivity contribution < 1.29 is 9.53 Å². The van der Waals surface area contributed by atoms with E-state index >= 15 is 0 Å². The molecule has 1 amide bonds. The third-order valence-corrected chi connectivity index (χ3v) is 4.63. The van der Waals surface area contributed by atoms with Crippen LogP contribution in [-0.4, -0.2) is 35.0 Å². The molecule has 0 aromatic carbocycles. The fourth-order valence-electron chi connectivity index (χ4n) is 2.29. The van der Waals surface area contributed by atoms with Crippen LogP contribution in [0.4, 0.5) is 0 Å². The number of halogens is 1. The van der Waals surface area contributed by atoms with Gasteiger partial charge in [-0.2, -0.15) is 0 Å². The number of carbonyl (C=O) groups is 1. The van der Waals surface area contributed by atoms with Crippen molar-refractivity contribution in [2.45, 2.75) is 32.2 Å². The van der Waals surface area contributed by atoms with Crippen LogP contribution in [0.1, 0.15) is 34.6 Å². The topological polar surface area (TPSA) is 51.2 Å². The number of aromatic nitrogens is 1. The van der Waals surface area contributed by atoms with E-state index in [9.17, 15) is 4.79 Å². The molecule has 0 spiro atoms. The van der Waals surface area contributed by atoms with Gasteiger partial charge in [0.15, 0.2) is 0 Å². The molecule has 1 N–H and O–H groups in total. The minimum absolute atomic E-state index is 0.0497. The molecular formula is C14H19BrN2O2. The first-order valence-corrected chi connectivity index (χ1v) is 7.59. The van der Waals surface area contributed by atoms with Gasteiger partial charge in [0.2, 0.25) is 0 Å². The molecule has 1 saturated heterocycles. The summed E-state index contributed by atoms with van der Waals surface area (Å²) < 4.78 is 5.37. The van der Waals surface area contributed by atoms with Crippen LogP contribution in [0, 0.1) is 13.8 Å². The van der Waals surface area contributed by atoms with Crippen molar-refractivity contribution >= 4 is 21.8 Å². The molecule has 0 aliphatic carbocycles. The number of amides is 1. The number of hydrogen-bond acceptors (Lipinski definition) is 3. The van der Waals surface area contributed by atoms with Gasteiger partial charge in [0.05, 0.1) is 16.8 Å². The summed E-state index contributed by atoms with van der Waals surface area (Å²) in [5, 5.41) is 3.90. The molecule has 2 heterocycles. The highest BCUT2D eigenvalue weighted by Crippen LogP contribution is 2.23. The van der Waals surface area contributed by atoms with E-state index in [1.54, 1.807) is 0 Å². The highest BCUT2D eigenvalue weighted by Gasteiger charge is 2.33. The second kappa shape index (κ2) is 6.01. The lowest BCUT2D eigenvalue weighted by Crippen LogP contribution is -2.53. The zero-order valence-electron chi connectivity index (χ0n) is 11.3. The molecule has 0 atom stereocenters. The molecular weight excluding hydrogens is 308 g/mol. The molecule has 1 aliphatic rings. The van der Waals surface area contributed by atoms with Crippen molar-refractivity contribution in [3.05, 3.63) is 29.1 Å². The first kappa shape index (κ1) is 14.5. The number of ether oxygens (including phenoxy) is 1. The average molecular weight is 327 g/mol. The van der Waals surface area contributed by atoms with Gasteiger partial charge in [-0.3, -0.25) is 9.78 Å². The molecule has 19 heavy (non-hydrogen) atoms. The molecule has 1 aliphatic heterocycles. The second-order valence-electron chi connectivity index (χ2n) is 5.07. The van der Waals surface area contributed by atoms with Gasteiger partial charge in [-0.25, -0.2) is 0 Å². The van der Waals surface area contributed by atoms with Crippen molar-refractivity contribution in [3.63, 3.8) is 0 Å². The van der Waals surface area contributed by atoms with Gasteiger partial charge in [-0.15, -0.1) is 0 Å². The molecule has 104 valence electrons. The van der Waals surface area contributed by atoms with Crippen molar-refractivity contribution in [1.82, 2.24) is 10.3 Å². The van der Waals surface area contributed by atoms with Crippen molar-refractivity contribution in [3.8, 4) is 0 Å². The Bertz CT molecular complexity index is 471. The van der Waals surface area contributed by atoms with E-state index in [2.05, 4.69) is 26.2 Å². The Kier molecular flexibility index (Phi) is 4.58. The molecule has 0 saturated carbocycles. The van der Waals surface area contributed by atoms with E-state index in [1.165, 1.54) is 0 Å². The molecule has 2 rings (SSSR count). The molecule has 1 fully saturated rings. The van der Waals surface area contributed by atoms with E-state index in [-0.39, 0.29) is 11.4 Å². The maximum atomic E-state index is 12.4. The maximum absolute atomic E-state index is 12.4. The Balaban J connectivity index is 2.15. The summed E-state index contributed by atoms with van der Waals surface area (Å²) in [4.78, 5) is 16.7. The van der Waals surface area contributed by atoms with Gasteiger partial charge in [0.1, 0.15) is 0 Å². The third-order valence-electron chi connectivity index (χ3n) is 3.55. The Morgan fingerprint density at radius 1 is 1.42 bits per heavy atom. The quantitative estimate of drug-likeness (QED) is 0.867. The Morgan fingerprint density at radius 3 is 2.68 bits per heavy atom. The highest BCUT2D eigenvalue weighted by atomic mass is 79.9. The van der Waals surface area contributed by atoms with Crippen LogP contribution < -0.4 is 5.32 Å². The minimum atomic E-state index is -0.202. The normalized spacial score (nSPS) is 18.1. The Morgan fingerprint density at radius 2 is 2.11 bits per heavy atom. The molecule has 0 bridgehead atoms. The number of aryl methyl sites for hydroxylation is 2. The van der Waals surface area contributed by atoms with Crippen molar-refractivity contribution in [1.29, 1.82) is 0 Å². The number of carbonyl (C=O) groups excluding carboxylic acids is 1. The molecule has 1 aromatic rings. The van der Waals surface area contributed by atoms with Crippen LogP contribution in [0.2, 0.25) is 0 Å². The summed E-state index contributed by atoms with van der Waals surface area (Å²) >= 11 is 3.51. The summed E-state index contributed by atoms with van der Waals surface area (Å²) in [6.45, 7) is 5.17. The lowest BCUT2D eigenvalue weighted by atomic mass is 9.92. The number of pyridine rings is 1. The Hall–Kier alpha value is -0.940.